The fourth-order valence-corrected chi connectivity index (χ4v) is 2.59. The maximum Gasteiger partial charge on any atom is 0.371 e. The quantitative estimate of drug-likeness (QED) is 0.882. The molecule has 2 aromatic rings. The van der Waals surface area contributed by atoms with Crippen molar-refractivity contribution in [2.24, 2.45) is 0 Å². The summed E-state index contributed by atoms with van der Waals surface area (Å²) in [4.78, 5) is 10.7. The monoisotopic (exact) mass is 295 g/mol. The van der Waals surface area contributed by atoms with E-state index in [4.69, 9.17) is 9.52 Å². The van der Waals surface area contributed by atoms with E-state index in [-0.39, 0.29) is 0 Å². The van der Waals surface area contributed by atoms with Crippen LogP contribution in [0.5, 0.6) is 0 Å². The lowest BCUT2D eigenvalue weighted by Crippen LogP contribution is -2.12. The van der Waals surface area contributed by atoms with E-state index in [1.165, 1.54) is 0 Å². The van der Waals surface area contributed by atoms with E-state index in [1.54, 1.807) is 12.1 Å². The van der Waals surface area contributed by atoms with Crippen LogP contribution in [0.25, 0.3) is 0 Å². The van der Waals surface area contributed by atoms with E-state index in [0.29, 0.717) is 5.69 Å². The van der Waals surface area contributed by atoms with E-state index in [9.17, 15) is 13.2 Å². The van der Waals surface area contributed by atoms with Gasteiger partial charge in [-0.2, -0.15) is 8.42 Å². The van der Waals surface area contributed by atoms with Crippen LogP contribution in [0.2, 0.25) is 0 Å². The third-order valence-electron chi connectivity index (χ3n) is 2.67. The molecule has 0 aliphatic rings. The highest BCUT2D eigenvalue weighted by molar-refractivity contribution is 7.92. The van der Waals surface area contributed by atoms with Gasteiger partial charge in [0.15, 0.2) is 0 Å². The van der Waals surface area contributed by atoms with Crippen molar-refractivity contribution in [2.45, 2.75) is 18.4 Å². The van der Waals surface area contributed by atoms with Gasteiger partial charge >= 0.3 is 5.97 Å². The molecule has 20 heavy (non-hydrogen) atoms. The first-order valence-corrected chi connectivity index (χ1v) is 7.35. The second-order valence-electron chi connectivity index (χ2n) is 4.08. The van der Waals surface area contributed by atoms with Crippen LogP contribution in [0, 0.1) is 0 Å². The molecule has 0 bridgehead atoms. The number of anilines is 1. The van der Waals surface area contributed by atoms with Gasteiger partial charge in [-0.05, 0) is 36.2 Å². The fourth-order valence-electron chi connectivity index (χ4n) is 1.59. The van der Waals surface area contributed by atoms with Gasteiger partial charge in [-0.3, -0.25) is 4.72 Å². The highest BCUT2D eigenvalue weighted by atomic mass is 32.2. The highest BCUT2D eigenvalue weighted by Gasteiger charge is 2.20. The number of carboxylic acid groups (broad SMARTS) is 1. The maximum atomic E-state index is 12.0. The molecule has 1 aromatic carbocycles. The Bertz CT molecular complexity index is 715. The average Bonchev–Trinajstić information content (AvgIpc) is 2.90. The number of nitrogens with one attached hydrogen (secondary N) is 1. The minimum absolute atomic E-state index is 0.385. The van der Waals surface area contributed by atoms with E-state index in [1.807, 2.05) is 19.1 Å². The van der Waals surface area contributed by atoms with Crippen LogP contribution in [0.15, 0.2) is 45.9 Å². The Hall–Kier alpha value is -2.28. The van der Waals surface area contributed by atoms with Crippen molar-refractivity contribution in [3.05, 3.63) is 47.7 Å². The number of benzene rings is 1. The predicted octanol–water partition coefficient (Wildman–Crippen LogP) is 2.34. The summed E-state index contributed by atoms with van der Waals surface area (Å²) in [6, 6.07) is 9.09. The van der Waals surface area contributed by atoms with Gasteiger partial charge in [0.05, 0.1) is 0 Å². The number of aromatic carboxylic acids is 1. The Morgan fingerprint density at radius 2 is 1.85 bits per heavy atom. The fraction of sp³-hybridized carbons (Fsp3) is 0.154. The van der Waals surface area contributed by atoms with E-state index in [0.717, 1.165) is 24.1 Å². The Balaban J connectivity index is 2.23. The molecule has 0 atom stereocenters. The zero-order valence-corrected chi connectivity index (χ0v) is 11.5. The number of aryl methyl sites for hydroxylation is 1. The Morgan fingerprint density at radius 3 is 2.35 bits per heavy atom. The molecule has 7 heteroatoms. The summed E-state index contributed by atoms with van der Waals surface area (Å²) in [5.41, 5.74) is 1.47. The first-order valence-electron chi connectivity index (χ1n) is 5.87. The van der Waals surface area contributed by atoms with Crippen molar-refractivity contribution in [3.63, 3.8) is 0 Å². The van der Waals surface area contributed by atoms with Gasteiger partial charge in [0, 0.05) is 5.69 Å². The Morgan fingerprint density at radius 1 is 1.20 bits per heavy atom. The molecule has 2 rings (SSSR count). The molecule has 1 aromatic heterocycles. The molecule has 0 amide bonds. The molecule has 0 aliphatic carbocycles. The second kappa shape index (κ2) is 5.38. The van der Waals surface area contributed by atoms with Crippen molar-refractivity contribution >= 4 is 21.7 Å². The molecule has 0 saturated heterocycles. The van der Waals surface area contributed by atoms with Gasteiger partial charge in [-0.1, -0.05) is 19.1 Å². The molecule has 6 nitrogen and oxygen atoms in total. The Kier molecular flexibility index (Phi) is 3.80. The molecular weight excluding hydrogens is 282 g/mol. The molecule has 0 radical (unpaired) electrons. The minimum Gasteiger partial charge on any atom is -0.475 e. The lowest BCUT2D eigenvalue weighted by molar-refractivity contribution is 0.0656. The van der Waals surface area contributed by atoms with Gasteiger partial charge in [0.25, 0.3) is 10.0 Å². The second-order valence-corrected chi connectivity index (χ2v) is 5.69. The van der Waals surface area contributed by atoms with Crippen LogP contribution < -0.4 is 4.72 Å². The maximum absolute atomic E-state index is 12.0. The SMILES string of the molecule is CCc1ccc(NS(=O)(=O)c2ccc(C(=O)O)o2)cc1. The third-order valence-corrected chi connectivity index (χ3v) is 3.92. The predicted molar refractivity (Wildman–Crippen MR) is 72.3 cm³/mol. The van der Waals surface area contributed by atoms with Crippen LogP contribution >= 0.6 is 0 Å². The average molecular weight is 295 g/mol. The van der Waals surface area contributed by atoms with Gasteiger partial charge in [-0.15, -0.1) is 0 Å². The first-order chi connectivity index (χ1) is 9.42. The van der Waals surface area contributed by atoms with Gasteiger partial charge in [-0.25, -0.2) is 4.79 Å². The molecule has 0 aliphatic heterocycles. The van der Waals surface area contributed by atoms with E-state index in [2.05, 4.69) is 4.72 Å². The molecule has 0 unspecified atom stereocenters. The summed E-state index contributed by atoms with van der Waals surface area (Å²) in [6.45, 7) is 2.00. The van der Waals surface area contributed by atoms with E-state index >= 15 is 0 Å². The molecule has 0 fully saturated rings. The van der Waals surface area contributed by atoms with Crippen molar-refractivity contribution in [1.29, 1.82) is 0 Å². The standard InChI is InChI=1S/C13H13NO5S/c1-2-9-3-5-10(6-4-9)14-20(17,18)12-8-7-11(19-12)13(15)16/h3-8,14H,2H2,1H3,(H,15,16). The van der Waals surface area contributed by atoms with Crippen molar-refractivity contribution in [1.82, 2.24) is 0 Å². The number of furan rings is 1. The molecular formula is C13H13NO5S. The van der Waals surface area contributed by atoms with Crippen LogP contribution in [0.4, 0.5) is 5.69 Å². The number of sulfonamides is 1. The highest BCUT2D eigenvalue weighted by Crippen LogP contribution is 2.19. The van der Waals surface area contributed by atoms with Gasteiger partial charge < -0.3 is 9.52 Å². The summed E-state index contributed by atoms with van der Waals surface area (Å²) in [6.07, 6.45) is 0.854. The molecule has 0 spiro atoms. The molecule has 0 saturated carbocycles. The first kappa shape index (κ1) is 14.1. The minimum atomic E-state index is -3.93. The summed E-state index contributed by atoms with van der Waals surface area (Å²) < 4.78 is 31.1. The molecule has 1 heterocycles. The summed E-state index contributed by atoms with van der Waals surface area (Å²) in [5.74, 6) is -1.74. The van der Waals surface area contributed by atoms with Crippen LogP contribution in [0.1, 0.15) is 23.0 Å². The summed E-state index contributed by atoms with van der Waals surface area (Å²) in [7, 11) is -3.93. The van der Waals surface area contributed by atoms with Crippen molar-refractivity contribution < 1.29 is 22.7 Å². The smallest absolute Gasteiger partial charge is 0.371 e. The number of carbonyl (C=O) groups is 1. The Labute approximate surface area is 116 Å². The molecule has 2 N–H and O–H groups in total. The normalized spacial score (nSPS) is 11.2. The zero-order valence-electron chi connectivity index (χ0n) is 10.7. The zero-order chi connectivity index (χ0) is 14.8. The number of rotatable bonds is 5. The van der Waals surface area contributed by atoms with Crippen LogP contribution in [-0.4, -0.2) is 19.5 Å². The van der Waals surface area contributed by atoms with Gasteiger partial charge in [0.2, 0.25) is 10.9 Å². The number of hydrogen-bond donors (Lipinski definition) is 2. The lowest BCUT2D eigenvalue weighted by Gasteiger charge is -2.06. The lowest BCUT2D eigenvalue weighted by atomic mass is 10.2. The van der Waals surface area contributed by atoms with Gasteiger partial charge in [0.1, 0.15) is 0 Å². The van der Waals surface area contributed by atoms with Crippen molar-refractivity contribution in [3.8, 4) is 0 Å². The topological polar surface area (TPSA) is 96.6 Å². The van der Waals surface area contributed by atoms with Crippen LogP contribution in [-0.2, 0) is 16.4 Å². The molecule has 106 valence electrons. The summed E-state index contributed by atoms with van der Waals surface area (Å²) >= 11 is 0. The largest absolute Gasteiger partial charge is 0.475 e. The van der Waals surface area contributed by atoms with E-state index < -0.39 is 26.8 Å². The number of hydrogen-bond acceptors (Lipinski definition) is 4. The third kappa shape index (κ3) is 3.00. The van der Waals surface area contributed by atoms with Crippen LogP contribution in [0.3, 0.4) is 0 Å². The summed E-state index contributed by atoms with van der Waals surface area (Å²) in [5, 5.41) is 8.27. The van der Waals surface area contributed by atoms with Crippen molar-refractivity contribution in [2.75, 3.05) is 4.72 Å². The number of carboxylic acids is 1.